The zero-order chi connectivity index (χ0) is 14.4. The topological polar surface area (TPSA) is 29.5 Å². The number of aliphatic hydroxyl groups excluding tert-OH is 1. The Bertz CT molecular complexity index is 480. The van der Waals surface area contributed by atoms with Crippen molar-refractivity contribution in [3.05, 3.63) is 35.1 Å². The first-order chi connectivity index (χ1) is 8.62. The molecule has 2 unspecified atom stereocenters. The third-order valence-electron chi connectivity index (χ3n) is 4.05. The molecule has 0 spiro atoms. The fraction of sp³-hybridized carbons (Fsp3) is 0.625. The highest BCUT2D eigenvalue weighted by Gasteiger charge is 2.49. The van der Waals surface area contributed by atoms with E-state index in [9.17, 15) is 9.50 Å². The Morgan fingerprint density at radius 2 is 1.95 bits per heavy atom. The van der Waals surface area contributed by atoms with Gasteiger partial charge in [-0.15, -0.1) is 0 Å². The minimum atomic E-state index is -0.629. The van der Waals surface area contributed by atoms with Gasteiger partial charge >= 0.3 is 0 Å². The summed E-state index contributed by atoms with van der Waals surface area (Å²) in [4.78, 5) is 0. The molecule has 0 aromatic heterocycles. The second-order valence-electron chi connectivity index (χ2n) is 6.73. The van der Waals surface area contributed by atoms with Crippen molar-refractivity contribution in [1.82, 2.24) is 0 Å². The quantitative estimate of drug-likeness (QED) is 0.883. The molecule has 1 aliphatic heterocycles. The van der Waals surface area contributed by atoms with Crippen LogP contribution in [0.3, 0.4) is 0 Å². The van der Waals surface area contributed by atoms with Gasteiger partial charge in [0, 0.05) is 5.92 Å². The summed E-state index contributed by atoms with van der Waals surface area (Å²) in [6.07, 6.45) is 0.161. The van der Waals surface area contributed by atoms with Crippen LogP contribution in [-0.2, 0) is 4.74 Å². The molecule has 0 amide bonds. The standard InChI is InChI=1S/C16H23FO2/c1-10-8-11(6-7-13(10)17)14(18)12-9-15(2,3)19-16(12,4)5/h6-8,12,14,18H,9H2,1-5H3. The average molecular weight is 266 g/mol. The van der Waals surface area contributed by atoms with Gasteiger partial charge in [0.1, 0.15) is 5.82 Å². The fourth-order valence-electron chi connectivity index (χ4n) is 3.18. The lowest BCUT2D eigenvalue weighted by atomic mass is 9.80. The number of aryl methyl sites for hydroxylation is 1. The van der Waals surface area contributed by atoms with Crippen LogP contribution in [0.15, 0.2) is 18.2 Å². The van der Waals surface area contributed by atoms with Gasteiger partial charge < -0.3 is 9.84 Å². The highest BCUT2D eigenvalue weighted by Crippen LogP contribution is 2.47. The number of hydrogen-bond donors (Lipinski definition) is 1. The predicted molar refractivity (Wildman–Crippen MR) is 73.4 cm³/mol. The molecular formula is C16H23FO2. The van der Waals surface area contributed by atoms with Crippen LogP contribution in [0.25, 0.3) is 0 Å². The second-order valence-corrected chi connectivity index (χ2v) is 6.73. The number of rotatable bonds is 2. The van der Waals surface area contributed by atoms with Crippen LogP contribution in [0.1, 0.15) is 51.3 Å². The van der Waals surface area contributed by atoms with Crippen molar-refractivity contribution in [1.29, 1.82) is 0 Å². The fourth-order valence-corrected chi connectivity index (χ4v) is 3.18. The summed E-state index contributed by atoms with van der Waals surface area (Å²) in [5.74, 6) is -0.231. The summed E-state index contributed by atoms with van der Waals surface area (Å²) in [6.45, 7) is 9.80. The summed E-state index contributed by atoms with van der Waals surface area (Å²) in [5, 5.41) is 10.6. The molecule has 106 valence electrons. The van der Waals surface area contributed by atoms with E-state index in [0.29, 0.717) is 5.56 Å². The van der Waals surface area contributed by atoms with Gasteiger partial charge in [0.05, 0.1) is 17.3 Å². The second kappa shape index (κ2) is 4.57. The van der Waals surface area contributed by atoms with E-state index in [1.807, 2.05) is 27.7 Å². The van der Waals surface area contributed by atoms with Gasteiger partial charge in [-0.05, 0) is 58.2 Å². The molecule has 2 atom stereocenters. The van der Waals surface area contributed by atoms with E-state index in [2.05, 4.69) is 0 Å². The van der Waals surface area contributed by atoms with E-state index in [0.717, 1.165) is 12.0 Å². The Morgan fingerprint density at radius 1 is 1.32 bits per heavy atom. The molecule has 1 N–H and O–H groups in total. The zero-order valence-corrected chi connectivity index (χ0v) is 12.3. The first-order valence-electron chi connectivity index (χ1n) is 6.77. The van der Waals surface area contributed by atoms with Crippen molar-refractivity contribution in [2.24, 2.45) is 5.92 Å². The van der Waals surface area contributed by atoms with E-state index in [4.69, 9.17) is 4.74 Å². The molecular weight excluding hydrogens is 243 g/mol. The average Bonchev–Trinajstić information content (AvgIpc) is 2.49. The summed E-state index contributed by atoms with van der Waals surface area (Å²) < 4.78 is 19.3. The predicted octanol–water partition coefficient (Wildman–Crippen LogP) is 3.76. The lowest BCUT2D eigenvalue weighted by molar-refractivity contribution is -0.0880. The van der Waals surface area contributed by atoms with Gasteiger partial charge in [0.2, 0.25) is 0 Å². The molecule has 1 aromatic rings. The maximum atomic E-state index is 13.3. The number of hydrogen-bond acceptors (Lipinski definition) is 2. The Morgan fingerprint density at radius 3 is 2.42 bits per heavy atom. The normalized spacial score (nSPS) is 26.4. The maximum Gasteiger partial charge on any atom is 0.126 e. The van der Waals surface area contributed by atoms with Crippen molar-refractivity contribution >= 4 is 0 Å². The van der Waals surface area contributed by atoms with Crippen LogP contribution in [0, 0.1) is 18.7 Å². The van der Waals surface area contributed by atoms with Crippen LogP contribution in [0.4, 0.5) is 4.39 Å². The van der Waals surface area contributed by atoms with Crippen molar-refractivity contribution in [2.75, 3.05) is 0 Å². The Labute approximate surface area is 114 Å². The molecule has 1 heterocycles. The van der Waals surface area contributed by atoms with Gasteiger partial charge in [0.25, 0.3) is 0 Å². The summed E-state index contributed by atoms with van der Waals surface area (Å²) in [7, 11) is 0. The Kier molecular flexibility index (Phi) is 3.48. The van der Waals surface area contributed by atoms with Crippen LogP contribution < -0.4 is 0 Å². The number of halogens is 1. The first-order valence-corrected chi connectivity index (χ1v) is 6.77. The van der Waals surface area contributed by atoms with Crippen LogP contribution in [-0.4, -0.2) is 16.3 Å². The summed E-state index contributed by atoms with van der Waals surface area (Å²) >= 11 is 0. The summed E-state index contributed by atoms with van der Waals surface area (Å²) in [6, 6.07) is 4.80. The molecule has 2 nitrogen and oxygen atoms in total. The van der Waals surface area contributed by atoms with Gasteiger partial charge in [-0.1, -0.05) is 12.1 Å². The van der Waals surface area contributed by atoms with E-state index < -0.39 is 6.10 Å². The van der Waals surface area contributed by atoms with Crippen LogP contribution >= 0.6 is 0 Å². The lowest BCUT2D eigenvalue weighted by Crippen LogP contribution is -2.32. The monoisotopic (exact) mass is 266 g/mol. The molecule has 1 fully saturated rings. The molecule has 1 aliphatic rings. The third kappa shape index (κ3) is 2.82. The largest absolute Gasteiger partial charge is 0.388 e. The molecule has 3 heteroatoms. The minimum Gasteiger partial charge on any atom is -0.388 e. The number of ether oxygens (including phenoxy) is 1. The first kappa shape index (κ1) is 14.5. The molecule has 19 heavy (non-hydrogen) atoms. The lowest BCUT2D eigenvalue weighted by Gasteiger charge is -2.30. The molecule has 1 saturated heterocycles. The Balaban J connectivity index is 2.28. The van der Waals surface area contributed by atoms with Gasteiger partial charge in [-0.3, -0.25) is 0 Å². The molecule has 0 bridgehead atoms. The molecule has 0 radical (unpaired) electrons. The molecule has 0 aliphatic carbocycles. The van der Waals surface area contributed by atoms with Gasteiger partial charge in [0.15, 0.2) is 0 Å². The van der Waals surface area contributed by atoms with Crippen LogP contribution in [0.5, 0.6) is 0 Å². The zero-order valence-electron chi connectivity index (χ0n) is 12.3. The van der Waals surface area contributed by atoms with E-state index in [1.54, 1.807) is 19.1 Å². The number of aliphatic hydroxyl groups is 1. The highest BCUT2D eigenvalue weighted by molar-refractivity contribution is 5.27. The molecule has 1 aromatic carbocycles. The smallest absolute Gasteiger partial charge is 0.126 e. The van der Waals surface area contributed by atoms with Crippen molar-refractivity contribution in [3.63, 3.8) is 0 Å². The third-order valence-corrected chi connectivity index (χ3v) is 4.05. The highest BCUT2D eigenvalue weighted by atomic mass is 19.1. The Hall–Kier alpha value is -0.930. The maximum absolute atomic E-state index is 13.3. The van der Waals surface area contributed by atoms with Crippen molar-refractivity contribution in [2.45, 2.75) is 58.3 Å². The van der Waals surface area contributed by atoms with Gasteiger partial charge in [-0.2, -0.15) is 0 Å². The molecule has 0 saturated carbocycles. The van der Waals surface area contributed by atoms with Crippen molar-refractivity contribution in [3.8, 4) is 0 Å². The number of benzene rings is 1. The van der Waals surface area contributed by atoms with E-state index in [1.165, 1.54) is 6.07 Å². The van der Waals surface area contributed by atoms with Crippen LogP contribution in [0.2, 0.25) is 0 Å². The van der Waals surface area contributed by atoms with E-state index in [-0.39, 0.29) is 22.9 Å². The SMILES string of the molecule is Cc1cc(C(O)C2CC(C)(C)OC2(C)C)ccc1F. The molecule has 2 rings (SSSR count). The minimum absolute atomic E-state index is 0.00682. The van der Waals surface area contributed by atoms with Gasteiger partial charge in [-0.25, -0.2) is 4.39 Å². The van der Waals surface area contributed by atoms with E-state index >= 15 is 0 Å². The summed E-state index contributed by atoms with van der Waals surface area (Å²) in [5.41, 5.74) is 0.709. The van der Waals surface area contributed by atoms with Crippen molar-refractivity contribution < 1.29 is 14.2 Å².